The number of aryl methyl sites for hydroxylation is 2. The fourth-order valence-corrected chi connectivity index (χ4v) is 2.47. The van der Waals surface area contributed by atoms with E-state index in [0.29, 0.717) is 23.7 Å². The lowest BCUT2D eigenvalue weighted by Gasteiger charge is -2.08. The van der Waals surface area contributed by atoms with Crippen LogP contribution in [0.25, 0.3) is 0 Å². The quantitative estimate of drug-likeness (QED) is 0.882. The predicted molar refractivity (Wildman–Crippen MR) is 85.2 cm³/mol. The highest BCUT2D eigenvalue weighted by Gasteiger charge is 2.09. The highest BCUT2D eigenvalue weighted by Crippen LogP contribution is 2.27. The Kier molecular flexibility index (Phi) is 5.38. The summed E-state index contributed by atoms with van der Waals surface area (Å²) in [5, 5.41) is 3.56. The van der Waals surface area contributed by atoms with Crippen molar-refractivity contribution in [3.05, 3.63) is 29.3 Å². The third kappa shape index (κ3) is 4.32. The van der Waals surface area contributed by atoms with E-state index in [2.05, 4.69) is 52.3 Å². The summed E-state index contributed by atoms with van der Waals surface area (Å²) in [6.07, 6.45) is 0.917. The maximum Gasteiger partial charge on any atom is 0.322 e. The third-order valence-corrected chi connectivity index (χ3v) is 3.80. The van der Waals surface area contributed by atoms with Crippen LogP contribution in [0.3, 0.4) is 0 Å². The van der Waals surface area contributed by atoms with E-state index in [0.717, 1.165) is 11.3 Å². The molecule has 0 atom stereocenters. The molecule has 0 spiro atoms. The molecule has 1 aromatic carbocycles. The number of nitrogens with zero attached hydrogens (tertiary/aromatic N) is 3. The SMILES string of the molecule is CCCOc1nc(NC)nc(Sc2ccc(C)c(C)c2)n1. The van der Waals surface area contributed by atoms with Crippen LogP contribution in [0.5, 0.6) is 6.01 Å². The minimum atomic E-state index is 0.363. The Morgan fingerprint density at radius 1 is 1.14 bits per heavy atom. The second kappa shape index (κ2) is 7.26. The number of ether oxygens (including phenoxy) is 1. The Morgan fingerprint density at radius 3 is 2.62 bits per heavy atom. The van der Waals surface area contributed by atoms with Crippen molar-refractivity contribution in [3.8, 4) is 6.01 Å². The van der Waals surface area contributed by atoms with Crippen LogP contribution in [0.4, 0.5) is 5.95 Å². The molecule has 1 heterocycles. The Bertz CT molecular complexity index is 619. The predicted octanol–water partition coefficient (Wildman–Crippen LogP) is 3.47. The van der Waals surface area contributed by atoms with Crippen molar-refractivity contribution in [1.82, 2.24) is 15.0 Å². The van der Waals surface area contributed by atoms with Crippen LogP contribution < -0.4 is 10.1 Å². The molecule has 0 aliphatic heterocycles. The summed E-state index contributed by atoms with van der Waals surface area (Å²) < 4.78 is 5.50. The molecule has 0 bridgehead atoms. The van der Waals surface area contributed by atoms with Crippen LogP contribution in [0, 0.1) is 13.8 Å². The van der Waals surface area contributed by atoms with Gasteiger partial charge in [0.05, 0.1) is 6.61 Å². The largest absolute Gasteiger partial charge is 0.463 e. The topological polar surface area (TPSA) is 59.9 Å². The van der Waals surface area contributed by atoms with Gasteiger partial charge in [-0.2, -0.15) is 15.0 Å². The van der Waals surface area contributed by atoms with E-state index in [1.54, 1.807) is 7.05 Å². The third-order valence-electron chi connectivity index (χ3n) is 2.94. The van der Waals surface area contributed by atoms with Crippen LogP contribution in [0.1, 0.15) is 24.5 Å². The number of hydrogen-bond acceptors (Lipinski definition) is 6. The van der Waals surface area contributed by atoms with Crippen LogP contribution in [-0.2, 0) is 0 Å². The molecule has 2 aromatic rings. The second-order valence-electron chi connectivity index (χ2n) is 4.67. The highest BCUT2D eigenvalue weighted by molar-refractivity contribution is 7.99. The van der Waals surface area contributed by atoms with E-state index in [4.69, 9.17) is 4.74 Å². The summed E-state index contributed by atoms with van der Waals surface area (Å²) in [6.45, 7) is 6.84. The zero-order valence-electron chi connectivity index (χ0n) is 12.8. The van der Waals surface area contributed by atoms with Crippen molar-refractivity contribution in [2.24, 2.45) is 0 Å². The van der Waals surface area contributed by atoms with Crippen molar-refractivity contribution in [1.29, 1.82) is 0 Å². The normalized spacial score (nSPS) is 10.5. The van der Waals surface area contributed by atoms with E-state index in [1.165, 1.54) is 22.9 Å². The van der Waals surface area contributed by atoms with Crippen LogP contribution >= 0.6 is 11.8 Å². The minimum absolute atomic E-state index is 0.363. The van der Waals surface area contributed by atoms with Gasteiger partial charge < -0.3 is 10.1 Å². The van der Waals surface area contributed by atoms with E-state index < -0.39 is 0 Å². The van der Waals surface area contributed by atoms with Crippen LogP contribution in [-0.4, -0.2) is 28.6 Å². The summed E-state index contributed by atoms with van der Waals surface area (Å²) in [6, 6.07) is 6.67. The Hall–Kier alpha value is -1.82. The van der Waals surface area contributed by atoms with Gasteiger partial charge in [-0.25, -0.2) is 0 Å². The Balaban J connectivity index is 2.23. The summed E-state index contributed by atoms with van der Waals surface area (Å²) >= 11 is 1.51. The average Bonchev–Trinajstić information content (AvgIpc) is 2.48. The van der Waals surface area contributed by atoms with Gasteiger partial charge in [0, 0.05) is 11.9 Å². The van der Waals surface area contributed by atoms with E-state index in [1.807, 2.05) is 6.92 Å². The summed E-state index contributed by atoms with van der Waals surface area (Å²) in [4.78, 5) is 14.0. The van der Waals surface area contributed by atoms with Crippen molar-refractivity contribution >= 4 is 17.7 Å². The van der Waals surface area contributed by atoms with Crippen molar-refractivity contribution in [2.45, 2.75) is 37.2 Å². The lowest BCUT2D eigenvalue weighted by molar-refractivity contribution is 0.288. The molecule has 0 unspecified atom stereocenters. The first-order chi connectivity index (χ1) is 10.1. The second-order valence-corrected chi connectivity index (χ2v) is 5.71. The lowest BCUT2D eigenvalue weighted by atomic mass is 10.1. The van der Waals surface area contributed by atoms with Crippen LogP contribution in [0.15, 0.2) is 28.3 Å². The smallest absolute Gasteiger partial charge is 0.322 e. The first-order valence-corrected chi connectivity index (χ1v) is 7.75. The molecule has 0 saturated carbocycles. The van der Waals surface area contributed by atoms with Gasteiger partial charge >= 0.3 is 6.01 Å². The standard InChI is InChI=1S/C15H20N4OS/c1-5-8-20-14-17-13(16-4)18-15(19-14)21-12-7-6-10(2)11(3)9-12/h6-7,9H,5,8H2,1-4H3,(H,16,17,18,19). The van der Waals surface area contributed by atoms with Gasteiger partial charge in [0.2, 0.25) is 11.1 Å². The first-order valence-electron chi connectivity index (χ1n) is 6.94. The minimum Gasteiger partial charge on any atom is -0.463 e. The molecule has 1 aromatic heterocycles. The van der Waals surface area contributed by atoms with E-state index >= 15 is 0 Å². The molecule has 6 heteroatoms. The van der Waals surface area contributed by atoms with Gasteiger partial charge in [0.15, 0.2) is 0 Å². The molecule has 0 radical (unpaired) electrons. The van der Waals surface area contributed by atoms with Gasteiger partial charge in [0.25, 0.3) is 0 Å². The van der Waals surface area contributed by atoms with Gasteiger partial charge in [-0.15, -0.1) is 0 Å². The number of benzene rings is 1. The van der Waals surface area contributed by atoms with Gasteiger partial charge in [-0.05, 0) is 55.3 Å². The molecule has 0 aliphatic carbocycles. The summed E-state index contributed by atoms with van der Waals surface area (Å²) in [5.41, 5.74) is 2.53. The number of anilines is 1. The maximum atomic E-state index is 5.50. The zero-order chi connectivity index (χ0) is 15.2. The fourth-order valence-electron chi connectivity index (χ4n) is 1.64. The monoisotopic (exact) mass is 304 g/mol. The van der Waals surface area contributed by atoms with E-state index in [9.17, 15) is 0 Å². The number of aromatic nitrogens is 3. The molecule has 1 N–H and O–H groups in total. The molecule has 0 saturated heterocycles. The molecule has 5 nitrogen and oxygen atoms in total. The molecule has 0 aliphatic rings. The van der Waals surface area contributed by atoms with Crippen molar-refractivity contribution < 1.29 is 4.74 Å². The molecular formula is C15H20N4OS. The molecular weight excluding hydrogens is 284 g/mol. The zero-order valence-corrected chi connectivity index (χ0v) is 13.6. The first kappa shape index (κ1) is 15.6. The molecule has 21 heavy (non-hydrogen) atoms. The average molecular weight is 304 g/mol. The number of hydrogen-bond donors (Lipinski definition) is 1. The van der Waals surface area contributed by atoms with Crippen molar-refractivity contribution in [3.63, 3.8) is 0 Å². The van der Waals surface area contributed by atoms with E-state index in [-0.39, 0.29) is 0 Å². The van der Waals surface area contributed by atoms with Gasteiger partial charge in [-0.1, -0.05) is 13.0 Å². The number of rotatable bonds is 6. The lowest BCUT2D eigenvalue weighted by Crippen LogP contribution is -2.05. The van der Waals surface area contributed by atoms with Crippen molar-refractivity contribution in [2.75, 3.05) is 19.0 Å². The maximum absolute atomic E-state index is 5.50. The summed E-state index contributed by atoms with van der Waals surface area (Å²) in [5.74, 6) is 0.516. The fraction of sp³-hybridized carbons (Fsp3) is 0.400. The van der Waals surface area contributed by atoms with Gasteiger partial charge in [0.1, 0.15) is 0 Å². The molecule has 0 fully saturated rings. The Labute approximate surface area is 129 Å². The van der Waals surface area contributed by atoms with Crippen LogP contribution in [0.2, 0.25) is 0 Å². The summed E-state index contributed by atoms with van der Waals surface area (Å²) in [7, 11) is 1.78. The molecule has 0 amide bonds. The highest BCUT2D eigenvalue weighted by atomic mass is 32.2. The molecule has 112 valence electrons. The van der Waals surface area contributed by atoms with Gasteiger partial charge in [-0.3, -0.25) is 0 Å². The molecule has 2 rings (SSSR count). The number of nitrogens with one attached hydrogen (secondary N) is 1. The Morgan fingerprint density at radius 2 is 1.95 bits per heavy atom.